The Morgan fingerprint density at radius 1 is 1.14 bits per heavy atom. The van der Waals surface area contributed by atoms with E-state index in [4.69, 9.17) is 4.74 Å². The fourth-order valence-corrected chi connectivity index (χ4v) is 4.79. The first kappa shape index (κ1) is 30.5. The van der Waals surface area contributed by atoms with Gasteiger partial charge in [0.05, 0.1) is 27.6 Å². The van der Waals surface area contributed by atoms with E-state index in [-0.39, 0.29) is 30.5 Å². The highest BCUT2D eigenvalue weighted by Crippen LogP contribution is 2.20. The summed E-state index contributed by atoms with van der Waals surface area (Å²) in [5.41, 5.74) is 2.53. The van der Waals surface area contributed by atoms with E-state index in [1.807, 2.05) is 26.2 Å². The average Bonchev–Trinajstić information content (AvgIpc) is 3.55. The van der Waals surface area contributed by atoms with Gasteiger partial charge >= 0.3 is 12.1 Å². The number of nitrogens with zero attached hydrogens (tertiary/aromatic N) is 3. The van der Waals surface area contributed by atoms with Crippen molar-refractivity contribution < 1.29 is 19.1 Å². The van der Waals surface area contributed by atoms with Crippen molar-refractivity contribution in [2.45, 2.75) is 85.0 Å². The number of aromatic nitrogens is 2. The van der Waals surface area contributed by atoms with E-state index in [2.05, 4.69) is 39.8 Å². The zero-order valence-corrected chi connectivity index (χ0v) is 24.2. The second kappa shape index (κ2) is 15.5. The summed E-state index contributed by atoms with van der Waals surface area (Å²) in [6.45, 7) is 11.0. The minimum atomic E-state index is -0.662. The Labute approximate surface area is 227 Å². The minimum Gasteiger partial charge on any atom is -0.444 e. The third-order valence-electron chi connectivity index (χ3n) is 5.70. The maximum atomic E-state index is 13.0. The van der Waals surface area contributed by atoms with Gasteiger partial charge in [-0.25, -0.2) is 14.6 Å². The highest BCUT2D eigenvalue weighted by Gasteiger charge is 2.27. The number of thiazole rings is 2. The van der Waals surface area contributed by atoms with Gasteiger partial charge in [0.2, 0.25) is 5.91 Å². The average molecular weight is 553 g/mol. The van der Waals surface area contributed by atoms with Crippen LogP contribution in [0.1, 0.15) is 75.4 Å². The van der Waals surface area contributed by atoms with Crippen LogP contribution >= 0.6 is 22.7 Å². The van der Waals surface area contributed by atoms with Crippen LogP contribution in [0.3, 0.4) is 0 Å². The van der Waals surface area contributed by atoms with Crippen molar-refractivity contribution in [1.29, 1.82) is 0 Å². The SMILES string of the molecule is CC[C@@H](CCCNC(=O)OCc1cncs1)NC(=O)C(NC(=O)N(C)Cc1csc(C(C)C)n1)C(C)C. The summed E-state index contributed by atoms with van der Waals surface area (Å²) in [7, 11) is 1.70. The lowest BCUT2D eigenvalue weighted by Crippen LogP contribution is -2.54. The molecule has 0 saturated carbocycles. The van der Waals surface area contributed by atoms with Gasteiger partial charge in [0, 0.05) is 37.1 Å². The van der Waals surface area contributed by atoms with Crippen molar-refractivity contribution in [2.75, 3.05) is 13.6 Å². The predicted molar refractivity (Wildman–Crippen MR) is 147 cm³/mol. The highest BCUT2D eigenvalue weighted by molar-refractivity contribution is 7.09. The van der Waals surface area contributed by atoms with Crippen molar-refractivity contribution in [3.8, 4) is 0 Å². The molecule has 0 aliphatic rings. The van der Waals surface area contributed by atoms with Crippen LogP contribution in [0.2, 0.25) is 0 Å². The van der Waals surface area contributed by atoms with Crippen LogP contribution in [-0.4, -0.2) is 58.6 Å². The number of carbonyl (C=O) groups excluding carboxylic acids is 3. The number of urea groups is 1. The van der Waals surface area contributed by atoms with Crippen molar-refractivity contribution >= 4 is 40.7 Å². The molecular formula is C25H40N6O4S2. The molecule has 0 aliphatic heterocycles. The summed E-state index contributed by atoms with van der Waals surface area (Å²) in [5, 5.41) is 11.7. The van der Waals surface area contributed by atoms with E-state index in [0.717, 1.165) is 22.0 Å². The van der Waals surface area contributed by atoms with Crippen LogP contribution in [0.15, 0.2) is 17.1 Å². The van der Waals surface area contributed by atoms with Crippen molar-refractivity contribution in [1.82, 2.24) is 30.8 Å². The molecule has 0 aliphatic carbocycles. The standard InChI is InChI=1S/C25H40N6O4S2/c1-7-18(9-8-10-27-25(34)35-13-20-11-26-15-37-20)28-22(32)21(16(2)3)30-24(33)31(6)12-19-14-36-23(29-19)17(4)5/h11,14-18,21H,7-10,12-13H2,1-6H3,(H,27,34)(H,28,32)(H,30,33)/t18-,21?/m0/s1. The molecule has 4 amide bonds. The molecule has 2 heterocycles. The third kappa shape index (κ3) is 10.6. The Balaban J connectivity index is 1.77. The zero-order valence-electron chi connectivity index (χ0n) is 22.6. The number of hydrogen-bond acceptors (Lipinski definition) is 8. The normalized spacial score (nSPS) is 12.8. The molecule has 0 radical (unpaired) electrons. The first-order chi connectivity index (χ1) is 17.6. The summed E-state index contributed by atoms with van der Waals surface area (Å²) >= 11 is 3.02. The molecule has 3 N–H and O–H groups in total. The second-order valence-electron chi connectivity index (χ2n) is 9.59. The minimum absolute atomic E-state index is 0.0668. The third-order valence-corrected chi connectivity index (χ3v) is 7.65. The molecule has 12 heteroatoms. The number of rotatable bonds is 14. The lowest BCUT2D eigenvalue weighted by Gasteiger charge is -2.27. The number of nitrogens with one attached hydrogen (secondary N) is 3. The fraction of sp³-hybridized carbons (Fsp3) is 0.640. The molecule has 10 nitrogen and oxygen atoms in total. The first-order valence-corrected chi connectivity index (χ1v) is 14.4. The van der Waals surface area contributed by atoms with Crippen molar-refractivity contribution in [3.05, 3.63) is 32.7 Å². The first-order valence-electron chi connectivity index (χ1n) is 12.6. The van der Waals surface area contributed by atoms with E-state index in [1.165, 1.54) is 11.3 Å². The summed E-state index contributed by atoms with van der Waals surface area (Å²) in [6.07, 6.45) is 3.30. The van der Waals surface area contributed by atoms with Gasteiger partial charge in [0.15, 0.2) is 0 Å². The molecule has 2 atom stereocenters. The molecule has 206 valence electrons. The molecule has 0 fully saturated rings. The van der Waals surface area contributed by atoms with Gasteiger partial charge in [-0.3, -0.25) is 9.78 Å². The van der Waals surface area contributed by atoms with Gasteiger partial charge in [0.1, 0.15) is 12.6 Å². The van der Waals surface area contributed by atoms with E-state index < -0.39 is 12.1 Å². The lowest BCUT2D eigenvalue weighted by atomic mass is 10.0. The van der Waals surface area contributed by atoms with E-state index in [0.29, 0.717) is 31.8 Å². The Bertz CT molecular complexity index is 980. The molecule has 2 rings (SSSR count). The van der Waals surface area contributed by atoms with Crippen LogP contribution < -0.4 is 16.0 Å². The molecule has 2 aromatic heterocycles. The molecule has 1 unspecified atom stereocenters. The topological polar surface area (TPSA) is 126 Å². The number of hydrogen-bond donors (Lipinski definition) is 3. The smallest absolute Gasteiger partial charge is 0.407 e. The summed E-state index contributed by atoms with van der Waals surface area (Å²) < 4.78 is 5.15. The molecule has 0 spiro atoms. The Hall–Kier alpha value is -2.73. The zero-order chi connectivity index (χ0) is 27.4. The Morgan fingerprint density at radius 3 is 2.49 bits per heavy atom. The van der Waals surface area contributed by atoms with Gasteiger partial charge in [-0.15, -0.1) is 22.7 Å². The van der Waals surface area contributed by atoms with Gasteiger partial charge in [-0.2, -0.15) is 0 Å². The van der Waals surface area contributed by atoms with Gasteiger partial charge in [0.25, 0.3) is 0 Å². The molecule has 2 aromatic rings. The summed E-state index contributed by atoms with van der Waals surface area (Å²) in [6, 6.07) is -1.05. The highest BCUT2D eigenvalue weighted by atomic mass is 32.1. The van der Waals surface area contributed by atoms with E-state index >= 15 is 0 Å². The van der Waals surface area contributed by atoms with Crippen LogP contribution in [0, 0.1) is 5.92 Å². The maximum Gasteiger partial charge on any atom is 0.407 e. The van der Waals surface area contributed by atoms with Crippen LogP contribution in [0.25, 0.3) is 0 Å². The second-order valence-corrected chi connectivity index (χ2v) is 11.4. The van der Waals surface area contributed by atoms with Crippen molar-refractivity contribution in [2.24, 2.45) is 5.92 Å². The number of ether oxygens (including phenoxy) is 1. The lowest BCUT2D eigenvalue weighted by molar-refractivity contribution is -0.124. The quantitative estimate of drug-likeness (QED) is 0.297. The largest absolute Gasteiger partial charge is 0.444 e. The Morgan fingerprint density at radius 2 is 1.89 bits per heavy atom. The van der Waals surface area contributed by atoms with Crippen LogP contribution in [0.5, 0.6) is 0 Å². The summed E-state index contributed by atoms with van der Waals surface area (Å²) in [4.78, 5) is 48.6. The molecule has 37 heavy (non-hydrogen) atoms. The van der Waals surface area contributed by atoms with Gasteiger partial charge in [-0.05, 0) is 25.2 Å². The molecular weight excluding hydrogens is 512 g/mol. The number of alkyl carbamates (subject to hydrolysis) is 1. The molecule has 0 saturated heterocycles. The Kier molecular flexibility index (Phi) is 12.8. The summed E-state index contributed by atoms with van der Waals surface area (Å²) in [5.74, 6) is 0.0464. The fourth-order valence-electron chi connectivity index (χ4n) is 3.46. The van der Waals surface area contributed by atoms with Gasteiger partial charge < -0.3 is 25.6 Å². The van der Waals surface area contributed by atoms with Crippen molar-refractivity contribution in [3.63, 3.8) is 0 Å². The number of carbonyl (C=O) groups is 3. The maximum absolute atomic E-state index is 13.0. The van der Waals surface area contributed by atoms with Crippen LogP contribution in [0.4, 0.5) is 9.59 Å². The monoisotopic (exact) mass is 552 g/mol. The molecule has 0 bridgehead atoms. The predicted octanol–water partition coefficient (Wildman–Crippen LogP) is 4.49. The molecule has 0 aromatic carbocycles. The van der Waals surface area contributed by atoms with Gasteiger partial charge in [-0.1, -0.05) is 34.6 Å². The van der Waals surface area contributed by atoms with Crippen LogP contribution in [-0.2, 0) is 22.7 Å². The van der Waals surface area contributed by atoms with E-state index in [9.17, 15) is 14.4 Å². The number of amides is 4. The van der Waals surface area contributed by atoms with E-state index in [1.54, 1.807) is 35.0 Å².